The van der Waals surface area contributed by atoms with Gasteiger partial charge in [-0.1, -0.05) is 20.8 Å². The molecule has 0 saturated carbocycles. The molecule has 0 N–H and O–H groups in total. The zero-order chi connectivity index (χ0) is 11.4. The maximum Gasteiger partial charge on any atom is 0.282 e. The van der Waals surface area contributed by atoms with Crippen molar-refractivity contribution in [1.29, 1.82) is 0 Å². The quantitative estimate of drug-likeness (QED) is 0.623. The van der Waals surface area contributed by atoms with Crippen molar-refractivity contribution in [3.05, 3.63) is 0 Å². The first-order chi connectivity index (χ1) is 6.73. The molecule has 0 radical (unpaired) electrons. The number of hydrogen-bond acceptors (Lipinski definition) is 2. The summed E-state index contributed by atoms with van der Waals surface area (Å²) in [6.45, 7) is 7.93. The van der Waals surface area contributed by atoms with Crippen molar-refractivity contribution in [1.82, 2.24) is 8.61 Å². The van der Waals surface area contributed by atoms with E-state index >= 15 is 0 Å². The summed E-state index contributed by atoms with van der Waals surface area (Å²) < 4.78 is 26.9. The molecule has 0 spiro atoms. The SMILES string of the molecule is CN1CC2C[C@H](C(C)(C)C)CN2S1(=O)=O. The van der Waals surface area contributed by atoms with Crippen molar-refractivity contribution in [2.75, 3.05) is 20.1 Å². The van der Waals surface area contributed by atoms with Gasteiger partial charge in [0.05, 0.1) is 0 Å². The number of nitrogens with zero attached hydrogens (tertiary/aromatic N) is 2. The van der Waals surface area contributed by atoms with E-state index in [0.29, 0.717) is 19.0 Å². The van der Waals surface area contributed by atoms with Gasteiger partial charge in [-0.15, -0.1) is 0 Å². The molecule has 0 aromatic heterocycles. The number of rotatable bonds is 0. The van der Waals surface area contributed by atoms with Crippen LogP contribution >= 0.6 is 0 Å². The second-order valence-corrected chi connectivity index (χ2v) is 7.80. The van der Waals surface area contributed by atoms with Gasteiger partial charge in [0.15, 0.2) is 0 Å². The Balaban J connectivity index is 2.20. The molecule has 0 aliphatic carbocycles. The van der Waals surface area contributed by atoms with Crippen LogP contribution in [0.15, 0.2) is 0 Å². The average molecular weight is 232 g/mol. The Labute approximate surface area is 92.4 Å². The molecule has 0 aromatic rings. The van der Waals surface area contributed by atoms with E-state index in [9.17, 15) is 8.42 Å². The van der Waals surface area contributed by atoms with Crippen molar-refractivity contribution in [2.24, 2.45) is 11.3 Å². The van der Waals surface area contributed by atoms with Crippen molar-refractivity contribution >= 4 is 10.2 Å². The largest absolute Gasteiger partial charge is 0.282 e. The van der Waals surface area contributed by atoms with Gasteiger partial charge in [0.25, 0.3) is 10.2 Å². The summed E-state index contributed by atoms with van der Waals surface area (Å²) in [7, 11) is -1.46. The van der Waals surface area contributed by atoms with Gasteiger partial charge in [-0.25, -0.2) is 0 Å². The van der Waals surface area contributed by atoms with Crippen LogP contribution in [-0.4, -0.2) is 43.2 Å². The normalized spacial score (nSPS) is 37.1. The minimum atomic E-state index is -3.13. The molecule has 15 heavy (non-hydrogen) atoms. The van der Waals surface area contributed by atoms with E-state index in [1.165, 1.54) is 4.31 Å². The van der Waals surface area contributed by atoms with Gasteiger partial charge in [0.2, 0.25) is 0 Å². The van der Waals surface area contributed by atoms with Gasteiger partial charge in [0, 0.05) is 26.2 Å². The van der Waals surface area contributed by atoms with Crippen LogP contribution in [0.1, 0.15) is 27.2 Å². The number of fused-ring (bicyclic) bond motifs is 1. The predicted octanol–water partition coefficient (Wildman–Crippen LogP) is 0.913. The summed E-state index contributed by atoms with van der Waals surface area (Å²) in [6, 6.07) is 0.212. The molecule has 2 fully saturated rings. The Morgan fingerprint density at radius 2 is 1.80 bits per heavy atom. The number of hydrogen-bond donors (Lipinski definition) is 0. The lowest BCUT2D eigenvalue weighted by atomic mass is 9.79. The van der Waals surface area contributed by atoms with Crippen LogP contribution in [0.3, 0.4) is 0 Å². The Hall–Kier alpha value is -0.130. The molecule has 4 nitrogen and oxygen atoms in total. The topological polar surface area (TPSA) is 40.6 Å². The zero-order valence-corrected chi connectivity index (χ0v) is 10.7. The first-order valence-electron chi connectivity index (χ1n) is 5.46. The highest BCUT2D eigenvalue weighted by atomic mass is 32.2. The van der Waals surface area contributed by atoms with Crippen LogP contribution in [0, 0.1) is 11.3 Å². The minimum absolute atomic E-state index is 0.207. The van der Waals surface area contributed by atoms with Gasteiger partial charge < -0.3 is 0 Å². The summed E-state index contributed by atoms with van der Waals surface area (Å²) in [5.41, 5.74) is 0.207. The lowest BCUT2D eigenvalue weighted by Crippen LogP contribution is -2.33. The van der Waals surface area contributed by atoms with E-state index in [-0.39, 0.29) is 11.5 Å². The van der Waals surface area contributed by atoms with Crippen LogP contribution < -0.4 is 0 Å². The zero-order valence-electron chi connectivity index (χ0n) is 9.90. The summed E-state index contributed by atoms with van der Waals surface area (Å²) in [5, 5.41) is 0. The van der Waals surface area contributed by atoms with E-state index in [2.05, 4.69) is 20.8 Å². The van der Waals surface area contributed by atoms with E-state index in [1.807, 2.05) is 0 Å². The molecule has 88 valence electrons. The summed E-state index contributed by atoms with van der Waals surface area (Å²) in [4.78, 5) is 0. The Morgan fingerprint density at radius 3 is 2.27 bits per heavy atom. The Kier molecular flexibility index (Phi) is 2.41. The summed E-state index contributed by atoms with van der Waals surface area (Å²) >= 11 is 0. The smallest absolute Gasteiger partial charge is 0.195 e. The molecule has 0 aromatic carbocycles. The molecule has 5 heteroatoms. The summed E-state index contributed by atoms with van der Waals surface area (Å²) in [6.07, 6.45) is 1.01. The maximum atomic E-state index is 11.9. The van der Waals surface area contributed by atoms with E-state index in [1.54, 1.807) is 11.4 Å². The van der Waals surface area contributed by atoms with Crippen LogP contribution in [-0.2, 0) is 10.2 Å². The summed E-state index contributed by atoms with van der Waals surface area (Å²) in [5.74, 6) is 0.492. The first-order valence-corrected chi connectivity index (χ1v) is 6.85. The molecule has 0 bridgehead atoms. The third-order valence-corrected chi connectivity index (χ3v) is 5.72. The highest BCUT2D eigenvalue weighted by Crippen LogP contribution is 2.41. The molecule has 2 saturated heterocycles. The van der Waals surface area contributed by atoms with Gasteiger partial charge >= 0.3 is 0 Å². The third-order valence-electron chi connectivity index (χ3n) is 3.75. The van der Waals surface area contributed by atoms with Gasteiger partial charge in [-0.3, -0.25) is 0 Å². The molecule has 1 unspecified atom stereocenters. The van der Waals surface area contributed by atoms with Crippen LogP contribution in [0.4, 0.5) is 0 Å². The average Bonchev–Trinajstić information content (AvgIpc) is 2.54. The lowest BCUT2D eigenvalue weighted by molar-refractivity contribution is 0.248. The van der Waals surface area contributed by atoms with Gasteiger partial charge in [-0.05, 0) is 17.8 Å². The fraction of sp³-hybridized carbons (Fsp3) is 1.00. The molecule has 2 heterocycles. The van der Waals surface area contributed by atoms with E-state index in [0.717, 1.165) is 6.42 Å². The molecule has 2 aliphatic rings. The standard InChI is InChI=1S/C10H20N2O2S/c1-10(2,3)8-5-9-7-11(4)15(13,14)12(9)6-8/h8-9H,5-7H2,1-4H3/t8-,9?/m0/s1. The maximum absolute atomic E-state index is 11.9. The Morgan fingerprint density at radius 1 is 1.20 bits per heavy atom. The predicted molar refractivity (Wildman–Crippen MR) is 59.6 cm³/mol. The van der Waals surface area contributed by atoms with Crippen LogP contribution in [0.25, 0.3) is 0 Å². The van der Waals surface area contributed by atoms with Crippen molar-refractivity contribution in [3.63, 3.8) is 0 Å². The third kappa shape index (κ3) is 1.70. The van der Waals surface area contributed by atoms with Gasteiger partial charge in [-0.2, -0.15) is 17.0 Å². The fourth-order valence-corrected chi connectivity index (χ4v) is 4.15. The minimum Gasteiger partial charge on any atom is -0.195 e. The molecule has 2 atom stereocenters. The number of likely N-dealkylation sites (N-methyl/N-ethyl adjacent to an activating group) is 1. The molecular weight excluding hydrogens is 212 g/mol. The lowest BCUT2D eigenvalue weighted by Gasteiger charge is -2.27. The molecule has 0 amide bonds. The molecule has 2 rings (SSSR count). The second-order valence-electron chi connectivity index (χ2n) is 5.81. The first kappa shape index (κ1) is 11.4. The second kappa shape index (κ2) is 3.18. The van der Waals surface area contributed by atoms with Crippen molar-refractivity contribution < 1.29 is 8.42 Å². The fourth-order valence-electron chi connectivity index (χ4n) is 2.53. The highest BCUT2D eigenvalue weighted by molar-refractivity contribution is 7.87. The molecule has 2 aliphatic heterocycles. The van der Waals surface area contributed by atoms with Crippen molar-refractivity contribution in [2.45, 2.75) is 33.2 Å². The van der Waals surface area contributed by atoms with Gasteiger partial charge in [0.1, 0.15) is 0 Å². The van der Waals surface area contributed by atoms with Crippen LogP contribution in [0.5, 0.6) is 0 Å². The Bertz CT molecular complexity index is 358. The van der Waals surface area contributed by atoms with Crippen LogP contribution in [0.2, 0.25) is 0 Å². The van der Waals surface area contributed by atoms with Crippen molar-refractivity contribution in [3.8, 4) is 0 Å². The van der Waals surface area contributed by atoms with E-state index in [4.69, 9.17) is 0 Å². The molecular formula is C10H20N2O2S. The highest BCUT2D eigenvalue weighted by Gasteiger charge is 2.49. The van der Waals surface area contributed by atoms with E-state index < -0.39 is 10.2 Å². The monoisotopic (exact) mass is 232 g/mol.